The second-order valence-electron chi connectivity index (χ2n) is 7.52. The van der Waals surface area contributed by atoms with E-state index in [9.17, 15) is 9.59 Å². The van der Waals surface area contributed by atoms with Gasteiger partial charge in [-0.1, -0.05) is 0 Å². The van der Waals surface area contributed by atoms with Gasteiger partial charge in [0.15, 0.2) is 0 Å². The van der Waals surface area contributed by atoms with Gasteiger partial charge in [0.1, 0.15) is 5.60 Å². The average molecular weight is 382 g/mol. The number of halogens is 1. The first-order valence-corrected chi connectivity index (χ1v) is 9.44. The Morgan fingerprint density at radius 1 is 1.15 bits per heavy atom. The fourth-order valence-corrected chi connectivity index (χ4v) is 3.03. The van der Waals surface area contributed by atoms with Crippen LogP contribution < -0.4 is 15.5 Å². The maximum Gasteiger partial charge on any atom is 0.414 e. The van der Waals surface area contributed by atoms with E-state index in [-0.39, 0.29) is 5.91 Å². The Labute approximate surface area is 160 Å². The quantitative estimate of drug-likeness (QED) is 0.484. The molecule has 2 amide bonds. The number of amides is 2. The summed E-state index contributed by atoms with van der Waals surface area (Å²) in [4.78, 5) is 28.5. The Bertz CT molecular complexity index is 685. The molecule has 6 nitrogen and oxygen atoms in total. The van der Waals surface area contributed by atoms with Gasteiger partial charge in [0.25, 0.3) is 0 Å². The van der Waals surface area contributed by atoms with Crippen molar-refractivity contribution < 1.29 is 14.3 Å². The highest BCUT2D eigenvalue weighted by Gasteiger charge is 2.32. The lowest BCUT2D eigenvalue weighted by Gasteiger charge is -2.37. The fraction of sp³-hybridized carbons (Fsp3) is 0.579. The summed E-state index contributed by atoms with van der Waals surface area (Å²) in [6.45, 7) is 8.16. The Kier molecular flexibility index (Phi) is 6.39. The van der Waals surface area contributed by atoms with E-state index >= 15 is 0 Å². The predicted octanol–water partition coefficient (Wildman–Crippen LogP) is 4.07. The molecule has 0 radical (unpaired) electrons. The monoisotopic (exact) mass is 381 g/mol. The highest BCUT2D eigenvalue weighted by molar-refractivity contribution is 6.17. The van der Waals surface area contributed by atoms with E-state index in [4.69, 9.17) is 22.1 Å². The Hall–Kier alpha value is -1.95. The van der Waals surface area contributed by atoms with Gasteiger partial charge in [-0.25, -0.2) is 4.79 Å². The summed E-state index contributed by atoms with van der Waals surface area (Å²) >= 11 is 5.70. The van der Waals surface area contributed by atoms with Crippen molar-refractivity contribution in [2.24, 2.45) is 0 Å². The van der Waals surface area contributed by atoms with Gasteiger partial charge in [0.2, 0.25) is 5.91 Å². The number of aryl methyl sites for hydroxylation is 1. The van der Waals surface area contributed by atoms with Crippen molar-refractivity contribution >= 4 is 40.7 Å². The van der Waals surface area contributed by atoms with Crippen molar-refractivity contribution in [3.8, 4) is 0 Å². The van der Waals surface area contributed by atoms with Gasteiger partial charge < -0.3 is 15.4 Å². The Morgan fingerprint density at radius 2 is 1.77 bits per heavy atom. The standard InChI is InChI=1S/C19H28ClN3O3/c1-13-11-15-16(12-14(13)21)22(17(24)7-5-6-8-20)9-10-23(15)18(25)26-19(2,3)4/h11-12H,5-10,21H2,1-4H3. The number of anilines is 3. The number of nitrogen functional groups attached to an aromatic ring is 1. The smallest absolute Gasteiger partial charge is 0.414 e. The van der Waals surface area contributed by atoms with Crippen LogP contribution in [0.5, 0.6) is 0 Å². The zero-order chi connectivity index (χ0) is 19.5. The molecule has 0 saturated carbocycles. The summed E-state index contributed by atoms with van der Waals surface area (Å²) in [6, 6.07) is 3.60. The molecule has 0 atom stereocenters. The number of alkyl halides is 1. The van der Waals surface area contributed by atoms with Gasteiger partial charge in [-0.3, -0.25) is 9.69 Å². The molecule has 1 aromatic carbocycles. The second-order valence-corrected chi connectivity index (χ2v) is 7.90. The molecular weight excluding hydrogens is 354 g/mol. The van der Waals surface area contributed by atoms with Crippen LogP contribution in [-0.4, -0.2) is 36.6 Å². The number of nitrogens with two attached hydrogens (primary N) is 1. The third-order valence-corrected chi connectivity index (χ3v) is 4.45. The Balaban J connectivity index is 2.32. The van der Waals surface area contributed by atoms with Gasteiger partial charge in [0.05, 0.1) is 11.4 Å². The fourth-order valence-electron chi connectivity index (χ4n) is 2.84. The van der Waals surface area contributed by atoms with Crippen molar-refractivity contribution in [2.45, 2.75) is 52.6 Å². The number of unbranched alkanes of at least 4 members (excludes halogenated alkanes) is 1. The zero-order valence-electron chi connectivity index (χ0n) is 16.0. The van der Waals surface area contributed by atoms with Gasteiger partial charge in [0, 0.05) is 31.1 Å². The molecule has 0 fully saturated rings. The number of rotatable bonds is 4. The van der Waals surface area contributed by atoms with E-state index in [1.165, 1.54) is 0 Å². The van der Waals surface area contributed by atoms with Gasteiger partial charge in [-0.2, -0.15) is 0 Å². The van der Waals surface area contributed by atoms with Gasteiger partial charge in [-0.05, 0) is 58.2 Å². The number of nitrogens with zero attached hydrogens (tertiary/aromatic N) is 2. The number of carbonyl (C=O) groups excluding carboxylic acids is 2. The molecule has 0 saturated heterocycles. The van der Waals surface area contributed by atoms with Crippen molar-refractivity contribution in [3.63, 3.8) is 0 Å². The van der Waals surface area contributed by atoms with Crippen molar-refractivity contribution in [2.75, 3.05) is 34.5 Å². The van der Waals surface area contributed by atoms with Crippen LogP contribution in [0.25, 0.3) is 0 Å². The zero-order valence-corrected chi connectivity index (χ0v) is 16.7. The van der Waals surface area contributed by atoms with Crippen LogP contribution in [0.1, 0.15) is 45.6 Å². The summed E-state index contributed by atoms with van der Waals surface area (Å²) < 4.78 is 5.52. The van der Waals surface area contributed by atoms with Crippen LogP contribution in [0.3, 0.4) is 0 Å². The number of ether oxygens (including phenoxy) is 1. The first kappa shape index (κ1) is 20.4. The molecule has 7 heteroatoms. The number of hydrogen-bond donors (Lipinski definition) is 1. The molecule has 0 aromatic heterocycles. The van der Waals surface area contributed by atoms with Crippen molar-refractivity contribution in [1.29, 1.82) is 0 Å². The van der Waals surface area contributed by atoms with E-state index in [0.717, 1.165) is 18.4 Å². The summed E-state index contributed by atoms with van der Waals surface area (Å²) in [5.74, 6) is 0.561. The largest absolute Gasteiger partial charge is 0.443 e. The molecule has 0 unspecified atom stereocenters. The lowest BCUT2D eigenvalue weighted by Crippen LogP contribution is -2.48. The SMILES string of the molecule is Cc1cc2c(cc1N)N(C(=O)CCCCCl)CCN2C(=O)OC(C)(C)C. The van der Waals surface area contributed by atoms with Crippen LogP contribution in [0, 0.1) is 6.92 Å². The molecular formula is C19H28ClN3O3. The summed E-state index contributed by atoms with van der Waals surface area (Å²) in [7, 11) is 0. The number of hydrogen-bond acceptors (Lipinski definition) is 4. The molecule has 0 spiro atoms. The molecule has 1 aliphatic heterocycles. The first-order chi connectivity index (χ1) is 12.1. The lowest BCUT2D eigenvalue weighted by atomic mass is 10.1. The predicted molar refractivity (Wildman–Crippen MR) is 106 cm³/mol. The Morgan fingerprint density at radius 3 is 2.38 bits per heavy atom. The minimum Gasteiger partial charge on any atom is -0.443 e. The molecule has 2 N–H and O–H groups in total. The topological polar surface area (TPSA) is 75.9 Å². The molecule has 1 aromatic rings. The van der Waals surface area contributed by atoms with Crippen molar-refractivity contribution in [3.05, 3.63) is 17.7 Å². The maximum atomic E-state index is 12.6. The van der Waals surface area contributed by atoms with Crippen molar-refractivity contribution in [1.82, 2.24) is 0 Å². The minimum atomic E-state index is -0.589. The van der Waals surface area contributed by atoms with Crippen LogP contribution in [0.15, 0.2) is 12.1 Å². The number of fused-ring (bicyclic) bond motifs is 1. The number of benzene rings is 1. The molecule has 26 heavy (non-hydrogen) atoms. The minimum absolute atomic E-state index is 0.0171. The normalized spacial score (nSPS) is 14.2. The van der Waals surface area contributed by atoms with Gasteiger partial charge >= 0.3 is 6.09 Å². The summed E-state index contributed by atoms with van der Waals surface area (Å²) in [5.41, 5.74) is 8.23. The van der Waals surface area contributed by atoms with Gasteiger partial charge in [-0.15, -0.1) is 11.6 Å². The molecule has 0 bridgehead atoms. The highest BCUT2D eigenvalue weighted by Crippen LogP contribution is 2.37. The maximum absolute atomic E-state index is 12.6. The number of carbonyl (C=O) groups is 2. The van der Waals surface area contributed by atoms with Crippen LogP contribution in [-0.2, 0) is 9.53 Å². The molecule has 0 aliphatic carbocycles. The first-order valence-electron chi connectivity index (χ1n) is 8.91. The molecule has 1 heterocycles. The van der Waals surface area contributed by atoms with Crippen LogP contribution in [0.2, 0.25) is 0 Å². The summed E-state index contributed by atoms with van der Waals surface area (Å²) in [6.07, 6.45) is 1.54. The highest BCUT2D eigenvalue weighted by atomic mass is 35.5. The van der Waals surface area contributed by atoms with E-state index < -0.39 is 11.7 Å². The van der Waals surface area contributed by atoms with E-state index in [1.54, 1.807) is 15.9 Å². The molecule has 2 rings (SSSR count). The van der Waals surface area contributed by atoms with Crippen LogP contribution >= 0.6 is 11.6 Å². The third-order valence-electron chi connectivity index (χ3n) is 4.18. The van der Waals surface area contributed by atoms with E-state index in [1.807, 2.05) is 33.8 Å². The van der Waals surface area contributed by atoms with E-state index in [0.29, 0.717) is 42.5 Å². The third kappa shape index (κ3) is 4.81. The molecule has 1 aliphatic rings. The second kappa shape index (κ2) is 8.16. The lowest BCUT2D eigenvalue weighted by molar-refractivity contribution is -0.118. The van der Waals surface area contributed by atoms with E-state index in [2.05, 4.69) is 0 Å². The molecule has 144 valence electrons. The average Bonchev–Trinajstić information content (AvgIpc) is 2.53. The van der Waals surface area contributed by atoms with Crippen LogP contribution in [0.4, 0.5) is 21.9 Å². The summed E-state index contributed by atoms with van der Waals surface area (Å²) in [5, 5.41) is 0.